The van der Waals surface area contributed by atoms with Crippen molar-refractivity contribution in [3.63, 3.8) is 0 Å². The summed E-state index contributed by atoms with van der Waals surface area (Å²) in [6, 6.07) is 2.43. The van der Waals surface area contributed by atoms with E-state index in [4.69, 9.17) is 4.74 Å². The zero-order valence-corrected chi connectivity index (χ0v) is 19.9. The number of carbonyl (C=O) groups excluding carboxylic acids is 1. The standard InChI is InChI=1S/C24H32F4N4O2/c1-5-20-31-21(23(33)29-13-16-8-6-14(2)7-9-16)22(25)32(20)18-11-10-17(12-19(18)34-4)30-15(3)24(26,27)28/h10-12,14-16,30H,5-9,13H2,1-4H3,(H,29,33)/t14?,15-,16?/m1/s1. The number of rotatable bonds is 8. The topological polar surface area (TPSA) is 68.2 Å². The normalized spacial score (nSPS) is 19.5. The molecule has 34 heavy (non-hydrogen) atoms. The minimum Gasteiger partial charge on any atom is -0.494 e. The third kappa shape index (κ3) is 5.82. The van der Waals surface area contributed by atoms with E-state index in [0.29, 0.717) is 30.6 Å². The number of hydrogen-bond donors (Lipinski definition) is 2. The number of imidazole rings is 1. The van der Waals surface area contributed by atoms with Crippen LogP contribution in [0.3, 0.4) is 0 Å². The molecule has 1 amide bonds. The first-order chi connectivity index (χ1) is 16.0. The van der Waals surface area contributed by atoms with Gasteiger partial charge in [0.25, 0.3) is 5.91 Å². The molecule has 0 spiro atoms. The number of alkyl halides is 3. The van der Waals surface area contributed by atoms with Crippen molar-refractivity contribution in [1.29, 1.82) is 0 Å². The first-order valence-electron chi connectivity index (χ1n) is 11.6. The molecule has 1 aliphatic carbocycles. The van der Waals surface area contributed by atoms with Crippen LogP contribution in [-0.4, -0.2) is 41.3 Å². The lowest BCUT2D eigenvalue weighted by molar-refractivity contribution is -0.138. The van der Waals surface area contributed by atoms with E-state index in [0.717, 1.165) is 32.6 Å². The van der Waals surface area contributed by atoms with E-state index < -0.39 is 24.1 Å². The van der Waals surface area contributed by atoms with Gasteiger partial charge in [-0.2, -0.15) is 17.6 Å². The molecule has 0 aliphatic heterocycles. The van der Waals surface area contributed by atoms with Gasteiger partial charge in [0, 0.05) is 24.7 Å². The highest BCUT2D eigenvalue weighted by atomic mass is 19.4. The fraction of sp³-hybridized carbons (Fsp3) is 0.583. The van der Waals surface area contributed by atoms with Gasteiger partial charge in [0.1, 0.15) is 17.6 Å². The van der Waals surface area contributed by atoms with Gasteiger partial charge in [0.2, 0.25) is 5.95 Å². The number of nitrogens with one attached hydrogen (secondary N) is 2. The average Bonchev–Trinajstić information content (AvgIpc) is 3.13. The highest BCUT2D eigenvalue weighted by molar-refractivity contribution is 5.92. The molecule has 6 nitrogen and oxygen atoms in total. The summed E-state index contributed by atoms with van der Waals surface area (Å²) in [6.45, 7) is 5.47. The number of carbonyl (C=O) groups is 1. The Bertz CT molecular complexity index is 998. The van der Waals surface area contributed by atoms with Gasteiger partial charge in [-0.15, -0.1) is 0 Å². The molecule has 1 saturated carbocycles. The molecule has 0 unspecified atom stereocenters. The van der Waals surface area contributed by atoms with Gasteiger partial charge in [0.05, 0.1) is 12.8 Å². The Labute approximate surface area is 197 Å². The van der Waals surface area contributed by atoms with Crippen molar-refractivity contribution in [2.24, 2.45) is 11.8 Å². The second-order valence-corrected chi connectivity index (χ2v) is 8.99. The second kappa shape index (κ2) is 10.7. The molecule has 2 aromatic rings. The first kappa shape index (κ1) is 25.8. The van der Waals surface area contributed by atoms with Gasteiger partial charge >= 0.3 is 6.18 Å². The van der Waals surface area contributed by atoms with E-state index in [1.165, 1.54) is 29.9 Å². The van der Waals surface area contributed by atoms with Crippen LogP contribution in [0.15, 0.2) is 18.2 Å². The number of aromatic nitrogens is 2. The average molecular weight is 485 g/mol. The molecular weight excluding hydrogens is 452 g/mol. The highest BCUT2D eigenvalue weighted by Crippen LogP contribution is 2.32. The lowest BCUT2D eigenvalue weighted by atomic mass is 9.83. The van der Waals surface area contributed by atoms with Gasteiger partial charge in [-0.25, -0.2) is 4.98 Å². The molecule has 1 fully saturated rings. The third-order valence-electron chi connectivity index (χ3n) is 6.40. The third-order valence-corrected chi connectivity index (χ3v) is 6.40. The monoisotopic (exact) mass is 484 g/mol. The SMILES string of the molecule is CCc1nc(C(=O)NCC2CCC(C)CC2)c(F)n1-c1ccc(N[C@H](C)C(F)(F)F)cc1OC. The van der Waals surface area contributed by atoms with Crippen molar-refractivity contribution >= 4 is 11.6 Å². The van der Waals surface area contributed by atoms with Crippen molar-refractivity contribution < 1.29 is 27.1 Å². The molecule has 0 radical (unpaired) electrons. The molecule has 0 bridgehead atoms. The van der Waals surface area contributed by atoms with Crippen LogP contribution in [-0.2, 0) is 6.42 Å². The van der Waals surface area contributed by atoms with Crippen LogP contribution in [0.2, 0.25) is 0 Å². The minimum atomic E-state index is -4.42. The number of halogens is 4. The number of methoxy groups -OCH3 is 1. The maximum absolute atomic E-state index is 15.4. The molecule has 188 valence electrons. The fourth-order valence-electron chi connectivity index (χ4n) is 4.21. The largest absolute Gasteiger partial charge is 0.494 e. The Hall–Kier alpha value is -2.78. The Morgan fingerprint density at radius 2 is 1.94 bits per heavy atom. The number of anilines is 1. The number of nitrogens with zero attached hydrogens (tertiary/aromatic N) is 2. The van der Waals surface area contributed by atoms with Crippen LogP contribution in [0.1, 0.15) is 62.8 Å². The van der Waals surface area contributed by atoms with Crippen molar-refractivity contribution in [3.8, 4) is 11.4 Å². The molecule has 1 aromatic heterocycles. The maximum Gasteiger partial charge on any atom is 0.408 e. The molecule has 2 N–H and O–H groups in total. The van der Waals surface area contributed by atoms with Crippen LogP contribution >= 0.6 is 0 Å². The number of aryl methyl sites for hydroxylation is 1. The van der Waals surface area contributed by atoms with Gasteiger partial charge in [-0.3, -0.25) is 9.36 Å². The summed E-state index contributed by atoms with van der Waals surface area (Å²) in [4.78, 5) is 16.9. The zero-order valence-electron chi connectivity index (χ0n) is 19.9. The number of ether oxygens (including phenoxy) is 1. The lowest BCUT2D eigenvalue weighted by Gasteiger charge is -2.26. The summed E-state index contributed by atoms with van der Waals surface area (Å²) in [6.07, 6.45) is 0.215. The number of hydrogen-bond acceptors (Lipinski definition) is 4. The summed E-state index contributed by atoms with van der Waals surface area (Å²) >= 11 is 0. The van der Waals surface area contributed by atoms with Crippen molar-refractivity contribution in [2.75, 3.05) is 19.0 Å². The van der Waals surface area contributed by atoms with E-state index in [1.54, 1.807) is 6.92 Å². The molecular formula is C24H32F4N4O2. The van der Waals surface area contributed by atoms with Gasteiger partial charge < -0.3 is 15.4 Å². The van der Waals surface area contributed by atoms with Crippen molar-refractivity contribution in [1.82, 2.24) is 14.9 Å². The Kier molecular flexibility index (Phi) is 8.09. The van der Waals surface area contributed by atoms with Gasteiger partial charge in [-0.05, 0) is 43.7 Å². The highest BCUT2D eigenvalue weighted by Gasteiger charge is 2.36. The first-order valence-corrected chi connectivity index (χ1v) is 11.6. The predicted octanol–water partition coefficient (Wildman–Crippen LogP) is 5.50. The minimum absolute atomic E-state index is 0.147. The summed E-state index contributed by atoms with van der Waals surface area (Å²) in [7, 11) is 1.34. The Morgan fingerprint density at radius 1 is 1.26 bits per heavy atom. The van der Waals surface area contributed by atoms with E-state index in [1.807, 2.05) is 0 Å². The summed E-state index contributed by atoms with van der Waals surface area (Å²) in [5.41, 5.74) is 0.106. The van der Waals surface area contributed by atoms with Crippen LogP contribution in [0.25, 0.3) is 5.69 Å². The maximum atomic E-state index is 15.4. The smallest absolute Gasteiger partial charge is 0.408 e. The van der Waals surface area contributed by atoms with E-state index in [9.17, 15) is 18.0 Å². The van der Waals surface area contributed by atoms with Gasteiger partial charge in [0.15, 0.2) is 5.69 Å². The molecule has 1 heterocycles. The van der Waals surface area contributed by atoms with Gasteiger partial charge in [-0.1, -0.05) is 26.7 Å². The molecule has 0 saturated heterocycles. The van der Waals surface area contributed by atoms with E-state index in [-0.39, 0.29) is 22.8 Å². The predicted molar refractivity (Wildman–Crippen MR) is 122 cm³/mol. The zero-order chi connectivity index (χ0) is 25.0. The summed E-state index contributed by atoms with van der Waals surface area (Å²) < 4.78 is 60.6. The van der Waals surface area contributed by atoms with Crippen LogP contribution < -0.4 is 15.4 Å². The van der Waals surface area contributed by atoms with Crippen LogP contribution in [0.4, 0.5) is 23.2 Å². The van der Waals surface area contributed by atoms with E-state index >= 15 is 4.39 Å². The molecule has 1 aliphatic rings. The summed E-state index contributed by atoms with van der Waals surface area (Å²) in [5.74, 6) is 0.0937. The van der Waals surface area contributed by atoms with Crippen LogP contribution in [0.5, 0.6) is 5.75 Å². The lowest BCUT2D eigenvalue weighted by Crippen LogP contribution is -2.33. The van der Waals surface area contributed by atoms with Crippen LogP contribution in [0, 0.1) is 17.8 Å². The van der Waals surface area contributed by atoms with E-state index in [2.05, 4.69) is 22.5 Å². The van der Waals surface area contributed by atoms with Crippen molar-refractivity contribution in [3.05, 3.63) is 35.7 Å². The molecule has 10 heteroatoms. The van der Waals surface area contributed by atoms with Crippen molar-refractivity contribution in [2.45, 2.75) is 65.1 Å². The fourth-order valence-corrected chi connectivity index (χ4v) is 4.21. The Balaban J connectivity index is 1.83. The quantitative estimate of drug-likeness (QED) is 0.486. The molecule has 3 rings (SSSR count). The molecule has 1 atom stereocenters. The molecule has 1 aromatic carbocycles. The number of amides is 1. The number of benzene rings is 1. The Morgan fingerprint density at radius 3 is 2.53 bits per heavy atom. The second-order valence-electron chi connectivity index (χ2n) is 8.99. The summed E-state index contributed by atoms with van der Waals surface area (Å²) in [5, 5.41) is 5.18.